The summed E-state index contributed by atoms with van der Waals surface area (Å²) >= 11 is 0. The second kappa shape index (κ2) is 6.31. The van der Waals surface area contributed by atoms with Gasteiger partial charge in [0.25, 0.3) is 0 Å². The second-order valence-corrected chi connectivity index (χ2v) is 7.35. The van der Waals surface area contributed by atoms with E-state index in [4.69, 9.17) is 15.5 Å². The summed E-state index contributed by atoms with van der Waals surface area (Å²) in [6.07, 6.45) is 3.67. The lowest BCUT2D eigenvalue weighted by Gasteiger charge is -2.19. The van der Waals surface area contributed by atoms with Gasteiger partial charge in [0, 0.05) is 28.9 Å². The first-order chi connectivity index (χ1) is 13.3. The van der Waals surface area contributed by atoms with Crippen LogP contribution in [0.2, 0.25) is 0 Å². The average Bonchev–Trinajstić information content (AvgIpc) is 3.09. The van der Waals surface area contributed by atoms with E-state index >= 15 is 0 Å². The first-order valence-electron chi connectivity index (χ1n) is 9.55. The first kappa shape index (κ1) is 16.2. The molecule has 0 saturated carbocycles. The Hall–Kier alpha value is -3.01. The number of fused-ring (bicyclic) bond motifs is 1. The molecule has 1 aliphatic heterocycles. The van der Waals surface area contributed by atoms with Crippen molar-refractivity contribution in [2.75, 3.05) is 18.6 Å². The van der Waals surface area contributed by atoms with Crippen molar-refractivity contribution in [3.05, 3.63) is 65.7 Å². The van der Waals surface area contributed by atoms with Gasteiger partial charge in [-0.25, -0.2) is 4.99 Å². The lowest BCUT2D eigenvalue weighted by atomic mass is 9.84. The van der Waals surface area contributed by atoms with Gasteiger partial charge in [0.1, 0.15) is 5.75 Å². The molecule has 2 aliphatic rings. The van der Waals surface area contributed by atoms with E-state index in [1.54, 1.807) is 7.11 Å². The molecule has 0 spiro atoms. The summed E-state index contributed by atoms with van der Waals surface area (Å²) in [6, 6.07) is 18.7. The van der Waals surface area contributed by atoms with E-state index in [-0.39, 0.29) is 0 Å². The Morgan fingerprint density at radius 3 is 2.78 bits per heavy atom. The van der Waals surface area contributed by atoms with Gasteiger partial charge >= 0.3 is 0 Å². The van der Waals surface area contributed by atoms with E-state index in [1.807, 2.05) is 24.3 Å². The van der Waals surface area contributed by atoms with Crippen LogP contribution in [-0.4, -0.2) is 19.6 Å². The summed E-state index contributed by atoms with van der Waals surface area (Å²) in [7, 11) is 1.69. The maximum absolute atomic E-state index is 6.52. The molecule has 1 aliphatic carbocycles. The van der Waals surface area contributed by atoms with Crippen LogP contribution in [0.15, 0.2) is 59.6 Å². The third-order valence-corrected chi connectivity index (χ3v) is 5.87. The molecule has 0 fully saturated rings. The fourth-order valence-electron chi connectivity index (χ4n) is 4.64. The van der Waals surface area contributed by atoms with E-state index in [0.29, 0.717) is 11.9 Å². The van der Waals surface area contributed by atoms with Crippen molar-refractivity contribution in [2.24, 2.45) is 10.7 Å². The van der Waals surface area contributed by atoms with Crippen LogP contribution < -0.4 is 15.4 Å². The summed E-state index contributed by atoms with van der Waals surface area (Å²) in [5.74, 6) is 1.99. The Morgan fingerprint density at radius 2 is 1.93 bits per heavy atom. The maximum atomic E-state index is 6.52. The topological polar surface area (TPSA) is 50.9 Å². The number of methoxy groups -OCH3 is 1. The number of aryl methyl sites for hydroxylation is 1. The Bertz CT molecular complexity index is 1060. The number of nitrogens with zero attached hydrogens (tertiary/aromatic N) is 2. The highest BCUT2D eigenvalue weighted by molar-refractivity contribution is 6.03. The number of hydrogen-bond acceptors (Lipinski definition) is 2. The van der Waals surface area contributed by atoms with Gasteiger partial charge in [0.15, 0.2) is 0 Å². The smallest absolute Gasteiger partial charge is 0.201 e. The largest absolute Gasteiger partial charge is 0.496 e. The van der Waals surface area contributed by atoms with Crippen molar-refractivity contribution in [1.29, 1.82) is 0 Å². The molecule has 3 aromatic rings. The SMILES string of the molecule is COc1ccc(N=C(N)N2CC3CCCc4cccc2c43)c2ccccc12. The van der Waals surface area contributed by atoms with Crippen LogP contribution in [0, 0.1) is 0 Å². The maximum Gasteiger partial charge on any atom is 0.201 e. The molecule has 0 saturated heterocycles. The number of nitrogens with two attached hydrogens (primary N) is 1. The van der Waals surface area contributed by atoms with Gasteiger partial charge in [-0.2, -0.15) is 0 Å². The van der Waals surface area contributed by atoms with Crippen LogP contribution in [-0.2, 0) is 6.42 Å². The molecule has 0 radical (unpaired) electrons. The number of guanidine groups is 1. The number of aliphatic imine (C=N–C) groups is 1. The van der Waals surface area contributed by atoms with Crippen LogP contribution in [0.4, 0.5) is 11.4 Å². The zero-order chi connectivity index (χ0) is 18.4. The molecule has 3 aromatic carbocycles. The van der Waals surface area contributed by atoms with E-state index < -0.39 is 0 Å². The predicted molar refractivity (Wildman–Crippen MR) is 111 cm³/mol. The molecular formula is C23H23N3O. The zero-order valence-corrected chi connectivity index (χ0v) is 15.5. The molecule has 0 bridgehead atoms. The van der Waals surface area contributed by atoms with Crippen molar-refractivity contribution in [3.63, 3.8) is 0 Å². The summed E-state index contributed by atoms with van der Waals surface area (Å²) in [6.45, 7) is 0.926. The van der Waals surface area contributed by atoms with Gasteiger partial charge in [-0.3, -0.25) is 0 Å². The van der Waals surface area contributed by atoms with Crippen molar-refractivity contribution in [2.45, 2.75) is 25.2 Å². The normalized spacial score (nSPS) is 18.6. The minimum absolute atomic E-state index is 0.563. The molecule has 1 unspecified atom stereocenters. The summed E-state index contributed by atoms with van der Waals surface area (Å²) < 4.78 is 5.49. The van der Waals surface area contributed by atoms with Crippen LogP contribution >= 0.6 is 0 Å². The van der Waals surface area contributed by atoms with Crippen LogP contribution in [0.1, 0.15) is 29.9 Å². The summed E-state index contributed by atoms with van der Waals surface area (Å²) in [5, 5.41) is 2.10. The molecule has 4 heteroatoms. The van der Waals surface area contributed by atoms with E-state index in [1.165, 1.54) is 36.1 Å². The number of benzene rings is 3. The fraction of sp³-hybridized carbons (Fsp3) is 0.261. The Kier molecular flexibility index (Phi) is 3.78. The monoisotopic (exact) mass is 357 g/mol. The molecule has 27 heavy (non-hydrogen) atoms. The first-order valence-corrected chi connectivity index (χ1v) is 9.55. The van der Waals surface area contributed by atoms with Crippen LogP contribution in [0.5, 0.6) is 5.75 Å². The van der Waals surface area contributed by atoms with E-state index in [9.17, 15) is 0 Å². The Labute approximate surface area is 159 Å². The van der Waals surface area contributed by atoms with Crippen molar-refractivity contribution < 1.29 is 4.74 Å². The van der Waals surface area contributed by atoms with E-state index in [2.05, 4.69) is 35.2 Å². The highest BCUT2D eigenvalue weighted by atomic mass is 16.5. The highest BCUT2D eigenvalue weighted by Gasteiger charge is 2.34. The lowest BCUT2D eigenvalue weighted by Crippen LogP contribution is -2.36. The molecule has 4 nitrogen and oxygen atoms in total. The number of anilines is 1. The summed E-state index contributed by atoms with van der Waals surface area (Å²) in [5.41, 5.74) is 11.6. The number of rotatable bonds is 2. The lowest BCUT2D eigenvalue weighted by molar-refractivity contribution is 0.420. The molecule has 0 amide bonds. The Morgan fingerprint density at radius 1 is 1.07 bits per heavy atom. The van der Waals surface area contributed by atoms with Crippen LogP contribution in [0.25, 0.3) is 10.8 Å². The van der Waals surface area contributed by atoms with Gasteiger partial charge in [0.2, 0.25) is 5.96 Å². The highest BCUT2D eigenvalue weighted by Crippen LogP contribution is 2.44. The fourth-order valence-corrected chi connectivity index (χ4v) is 4.64. The molecule has 1 atom stereocenters. The molecular weight excluding hydrogens is 334 g/mol. The number of hydrogen-bond donors (Lipinski definition) is 1. The van der Waals surface area contributed by atoms with Crippen LogP contribution in [0.3, 0.4) is 0 Å². The Balaban J connectivity index is 1.58. The zero-order valence-electron chi connectivity index (χ0n) is 15.5. The minimum atomic E-state index is 0.563. The van der Waals surface area contributed by atoms with E-state index in [0.717, 1.165) is 28.8 Å². The average molecular weight is 357 g/mol. The van der Waals surface area contributed by atoms with Crippen molar-refractivity contribution >= 4 is 28.1 Å². The quantitative estimate of drug-likeness (QED) is 0.533. The van der Waals surface area contributed by atoms with Gasteiger partial charge in [-0.15, -0.1) is 0 Å². The molecule has 1 heterocycles. The van der Waals surface area contributed by atoms with Gasteiger partial charge in [0.05, 0.1) is 12.8 Å². The molecule has 5 rings (SSSR count). The third kappa shape index (κ3) is 2.55. The van der Waals surface area contributed by atoms with Gasteiger partial charge < -0.3 is 15.4 Å². The second-order valence-electron chi connectivity index (χ2n) is 7.35. The molecule has 136 valence electrons. The predicted octanol–water partition coefficient (Wildman–Crippen LogP) is 4.73. The van der Waals surface area contributed by atoms with Gasteiger partial charge in [-0.1, -0.05) is 36.4 Å². The molecule has 0 aromatic heterocycles. The summed E-state index contributed by atoms with van der Waals surface area (Å²) in [4.78, 5) is 7.02. The van der Waals surface area contributed by atoms with Crippen molar-refractivity contribution in [1.82, 2.24) is 0 Å². The standard InChI is InChI=1S/C23H23N3O/c1-27-21-13-12-19(17-9-2-3-10-18(17)21)25-23(24)26-14-16-8-4-6-15-7-5-11-20(26)22(15)16/h2-3,5,7,9-13,16H,4,6,8,14H2,1H3,(H2,24,25). The third-order valence-electron chi connectivity index (χ3n) is 5.87. The number of ether oxygens (including phenoxy) is 1. The molecule has 2 N–H and O–H groups in total. The van der Waals surface area contributed by atoms with Gasteiger partial charge in [-0.05, 0) is 48.6 Å². The van der Waals surface area contributed by atoms with Crippen molar-refractivity contribution in [3.8, 4) is 5.75 Å². The minimum Gasteiger partial charge on any atom is -0.496 e.